The van der Waals surface area contributed by atoms with E-state index in [2.05, 4.69) is 0 Å². The van der Waals surface area contributed by atoms with Gasteiger partial charge in [-0.1, -0.05) is 6.07 Å². The van der Waals surface area contributed by atoms with E-state index in [9.17, 15) is 10.2 Å². The fraction of sp³-hybridized carbons (Fsp3) is 0.364. The Labute approximate surface area is 83.2 Å². The fourth-order valence-corrected chi connectivity index (χ4v) is 1.40. The molecule has 0 spiro atoms. The smallest absolute Gasteiger partial charge is 0.136 e. The lowest BCUT2D eigenvalue weighted by Crippen LogP contribution is -2.04. The minimum absolute atomic E-state index is 0.0295. The standard InChI is InChI=1S/C11H13NO2/c1-7-3-9(4-8(2)13)5-10(6-12)11(7)14/h3,5,8,13-14H,4H2,1-2H3. The van der Waals surface area contributed by atoms with Crippen molar-refractivity contribution in [1.29, 1.82) is 5.26 Å². The number of nitrogens with zero attached hydrogens (tertiary/aromatic N) is 1. The molecule has 0 radical (unpaired) electrons. The molecule has 0 heterocycles. The maximum atomic E-state index is 9.47. The highest BCUT2D eigenvalue weighted by Gasteiger charge is 2.07. The Morgan fingerprint density at radius 1 is 1.50 bits per heavy atom. The van der Waals surface area contributed by atoms with Gasteiger partial charge in [-0.25, -0.2) is 0 Å². The number of aliphatic hydroxyl groups is 1. The second-order valence-electron chi connectivity index (χ2n) is 3.47. The summed E-state index contributed by atoms with van der Waals surface area (Å²) in [5, 5.41) is 27.4. The molecule has 74 valence electrons. The molecule has 3 nitrogen and oxygen atoms in total. The molecule has 1 aromatic carbocycles. The largest absolute Gasteiger partial charge is 0.506 e. The second-order valence-corrected chi connectivity index (χ2v) is 3.47. The number of aromatic hydroxyl groups is 1. The molecule has 0 aliphatic carbocycles. The number of hydrogen-bond donors (Lipinski definition) is 2. The number of aryl methyl sites for hydroxylation is 1. The maximum absolute atomic E-state index is 9.47. The van der Waals surface area contributed by atoms with Crippen molar-refractivity contribution >= 4 is 0 Å². The zero-order valence-corrected chi connectivity index (χ0v) is 8.28. The van der Waals surface area contributed by atoms with E-state index >= 15 is 0 Å². The molecule has 2 N–H and O–H groups in total. The predicted octanol–water partition coefficient (Wildman–Crippen LogP) is 1.50. The number of rotatable bonds is 2. The molecular formula is C11H13NO2. The van der Waals surface area contributed by atoms with E-state index in [1.165, 1.54) is 0 Å². The van der Waals surface area contributed by atoms with Crippen molar-refractivity contribution in [3.63, 3.8) is 0 Å². The highest BCUT2D eigenvalue weighted by atomic mass is 16.3. The van der Waals surface area contributed by atoms with Crippen molar-refractivity contribution in [1.82, 2.24) is 0 Å². The summed E-state index contributed by atoms with van der Waals surface area (Å²) < 4.78 is 0. The van der Waals surface area contributed by atoms with E-state index in [0.717, 1.165) is 5.56 Å². The Bertz CT molecular complexity index is 378. The van der Waals surface area contributed by atoms with Gasteiger partial charge >= 0.3 is 0 Å². The molecule has 14 heavy (non-hydrogen) atoms. The van der Waals surface area contributed by atoms with Gasteiger partial charge in [0.15, 0.2) is 0 Å². The lowest BCUT2D eigenvalue weighted by molar-refractivity contribution is 0.195. The van der Waals surface area contributed by atoms with Crippen molar-refractivity contribution in [3.05, 3.63) is 28.8 Å². The Kier molecular flexibility index (Phi) is 3.10. The van der Waals surface area contributed by atoms with Gasteiger partial charge in [-0.15, -0.1) is 0 Å². The molecule has 1 atom stereocenters. The van der Waals surface area contributed by atoms with Crippen LogP contribution in [0.2, 0.25) is 0 Å². The Hall–Kier alpha value is -1.53. The van der Waals surface area contributed by atoms with Crippen molar-refractivity contribution in [2.24, 2.45) is 0 Å². The minimum Gasteiger partial charge on any atom is -0.506 e. The summed E-state index contributed by atoms with van der Waals surface area (Å²) in [6.45, 7) is 3.43. The fourth-order valence-electron chi connectivity index (χ4n) is 1.40. The van der Waals surface area contributed by atoms with Crippen LogP contribution in [0.3, 0.4) is 0 Å². The van der Waals surface area contributed by atoms with Gasteiger partial charge in [0.2, 0.25) is 0 Å². The van der Waals surface area contributed by atoms with Crippen molar-refractivity contribution in [3.8, 4) is 11.8 Å². The van der Waals surface area contributed by atoms with Crippen molar-refractivity contribution in [2.45, 2.75) is 26.4 Å². The first-order valence-corrected chi connectivity index (χ1v) is 4.45. The molecule has 0 saturated heterocycles. The first-order valence-electron chi connectivity index (χ1n) is 4.45. The van der Waals surface area contributed by atoms with Crippen LogP contribution in [-0.2, 0) is 6.42 Å². The maximum Gasteiger partial charge on any atom is 0.136 e. The van der Waals surface area contributed by atoms with E-state index in [-0.39, 0.29) is 11.3 Å². The molecule has 0 fully saturated rings. The molecule has 0 aromatic heterocycles. The third kappa shape index (κ3) is 2.24. The molecule has 0 bridgehead atoms. The van der Waals surface area contributed by atoms with Gasteiger partial charge < -0.3 is 10.2 Å². The van der Waals surface area contributed by atoms with Crippen LogP contribution < -0.4 is 0 Å². The normalized spacial score (nSPS) is 12.1. The van der Waals surface area contributed by atoms with Crippen molar-refractivity contribution < 1.29 is 10.2 Å². The van der Waals surface area contributed by atoms with Crippen LogP contribution in [0, 0.1) is 18.3 Å². The van der Waals surface area contributed by atoms with Gasteiger partial charge in [-0.2, -0.15) is 5.26 Å². The number of phenols is 1. The van der Waals surface area contributed by atoms with Crippen molar-refractivity contribution in [2.75, 3.05) is 0 Å². The molecule has 0 aliphatic rings. The number of benzene rings is 1. The van der Waals surface area contributed by atoms with Crippen LogP contribution in [0.1, 0.15) is 23.6 Å². The van der Waals surface area contributed by atoms with Gasteiger partial charge in [-0.3, -0.25) is 0 Å². The van der Waals surface area contributed by atoms with Crippen LogP contribution in [-0.4, -0.2) is 16.3 Å². The number of nitriles is 1. The average Bonchev–Trinajstić information content (AvgIpc) is 2.10. The third-order valence-electron chi connectivity index (χ3n) is 2.01. The molecule has 0 aliphatic heterocycles. The number of aliphatic hydroxyl groups excluding tert-OH is 1. The van der Waals surface area contributed by atoms with Crippen LogP contribution >= 0.6 is 0 Å². The van der Waals surface area contributed by atoms with Crippen LogP contribution in [0.25, 0.3) is 0 Å². The molecule has 3 heteroatoms. The lowest BCUT2D eigenvalue weighted by atomic mass is 10.0. The quantitative estimate of drug-likeness (QED) is 0.744. The zero-order valence-electron chi connectivity index (χ0n) is 8.28. The first kappa shape index (κ1) is 10.6. The highest BCUT2D eigenvalue weighted by Crippen LogP contribution is 2.23. The predicted molar refractivity (Wildman–Crippen MR) is 52.9 cm³/mol. The summed E-state index contributed by atoms with van der Waals surface area (Å²) in [6, 6.07) is 5.30. The average molecular weight is 191 g/mol. The summed E-state index contributed by atoms with van der Waals surface area (Å²) in [6.07, 6.45) is 0.0565. The number of hydrogen-bond acceptors (Lipinski definition) is 3. The van der Waals surface area contributed by atoms with Crippen LogP contribution in [0.15, 0.2) is 12.1 Å². The lowest BCUT2D eigenvalue weighted by Gasteiger charge is -2.07. The van der Waals surface area contributed by atoms with Gasteiger partial charge in [0.05, 0.1) is 11.7 Å². The Balaban J connectivity index is 3.11. The van der Waals surface area contributed by atoms with Gasteiger partial charge in [0, 0.05) is 0 Å². The molecule has 1 rings (SSSR count). The van der Waals surface area contributed by atoms with E-state index in [1.807, 2.05) is 6.07 Å². The van der Waals surface area contributed by atoms with Gasteiger partial charge in [0.25, 0.3) is 0 Å². The summed E-state index contributed by atoms with van der Waals surface area (Å²) in [5.41, 5.74) is 1.80. The molecule has 1 aromatic rings. The molecule has 0 amide bonds. The SMILES string of the molecule is Cc1cc(CC(C)O)cc(C#N)c1O. The first-order chi connectivity index (χ1) is 6.54. The van der Waals surface area contributed by atoms with Crippen LogP contribution in [0.5, 0.6) is 5.75 Å². The molecular weight excluding hydrogens is 178 g/mol. The van der Waals surface area contributed by atoms with E-state index in [0.29, 0.717) is 12.0 Å². The van der Waals surface area contributed by atoms with E-state index < -0.39 is 6.10 Å². The zero-order chi connectivity index (χ0) is 10.7. The molecule has 0 saturated carbocycles. The van der Waals surface area contributed by atoms with Gasteiger partial charge in [0.1, 0.15) is 11.8 Å². The number of phenolic OH excluding ortho intramolecular Hbond substituents is 1. The molecule has 1 unspecified atom stereocenters. The van der Waals surface area contributed by atoms with E-state index in [1.54, 1.807) is 26.0 Å². The topological polar surface area (TPSA) is 64.2 Å². The summed E-state index contributed by atoms with van der Waals surface area (Å²) in [7, 11) is 0. The Morgan fingerprint density at radius 2 is 2.14 bits per heavy atom. The Morgan fingerprint density at radius 3 is 2.64 bits per heavy atom. The minimum atomic E-state index is -0.439. The summed E-state index contributed by atoms with van der Waals surface area (Å²) in [4.78, 5) is 0. The highest BCUT2D eigenvalue weighted by molar-refractivity contribution is 5.49. The van der Waals surface area contributed by atoms with E-state index in [4.69, 9.17) is 5.26 Å². The van der Waals surface area contributed by atoms with Crippen LogP contribution in [0.4, 0.5) is 0 Å². The monoisotopic (exact) mass is 191 g/mol. The third-order valence-corrected chi connectivity index (χ3v) is 2.01. The van der Waals surface area contributed by atoms with Gasteiger partial charge in [-0.05, 0) is 37.5 Å². The summed E-state index contributed by atoms with van der Waals surface area (Å²) in [5.74, 6) is 0.0295. The second kappa shape index (κ2) is 4.12. The summed E-state index contributed by atoms with van der Waals surface area (Å²) >= 11 is 0.